The van der Waals surface area contributed by atoms with E-state index in [1.165, 1.54) is 25.0 Å². The Labute approximate surface area is 152 Å². The lowest BCUT2D eigenvalue weighted by atomic mass is 9.99. The molecule has 6 nitrogen and oxygen atoms in total. The van der Waals surface area contributed by atoms with E-state index in [9.17, 15) is 14.0 Å². The summed E-state index contributed by atoms with van der Waals surface area (Å²) < 4.78 is 19.1. The molecule has 1 saturated carbocycles. The lowest BCUT2D eigenvalue weighted by Crippen LogP contribution is -2.51. The lowest BCUT2D eigenvalue weighted by molar-refractivity contribution is -0.127. The van der Waals surface area contributed by atoms with Crippen molar-refractivity contribution in [2.24, 2.45) is 11.8 Å². The van der Waals surface area contributed by atoms with E-state index >= 15 is 0 Å². The average Bonchev–Trinajstić information content (AvgIpc) is 3.41. The SMILES string of the molecule is O=C(NCC1CC1)[C@@H]1C[C@H]2CN(C(=O)NCc3cccc(F)c3)C[C@@H]1O2. The van der Waals surface area contributed by atoms with Crippen LogP contribution in [0.5, 0.6) is 0 Å². The molecule has 1 aromatic carbocycles. The summed E-state index contributed by atoms with van der Waals surface area (Å²) >= 11 is 0. The number of amides is 3. The second kappa shape index (κ2) is 7.23. The van der Waals surface area contributed by atoms with E-state index in [4.69, 9.17) is 4.74 Å². The number of nitrogens with zero attached hydrogens (tertiary/aromatic N) is 1. The van der Waals surface area contributed by atoms with Crippen LogP contribution in [-0.4, -0.2) is 48.7 Å². The number of likely N-dealkylation sites (tertiary alicyclic amines) is 1. The first kappa shape index (κ1) is 17.3. The topological polar surface area (TPSA) is 70.7 Å². The van der Waals surface area contributed by atoms with Gasteiger partial charge in [-0.05, 0) is 42.9 Å². The third-order valence-electron chi connectivity index (χ3n) is 5.38. The third kappa shape index (κ3) is 3.98. The van der Waals surface area contributed by atoms with E-state index in [0.29, 0.717) is 31.0 Å². The second-order valence-electron chi connectivity index (χ2n) is 7.52. The van der Waals surface area contributed by atoms with E-state index in [1.807, 2.05) is 0 Å². The molecule has 0 aromatic heterocycles. The summed E-state index contributed by atoms with van der Waals surface area (Å²) in [7, 11) is 0. The van der Waals surface area contributed by atoms with Crippen LogP contribution >= 0.6 is 0 Å². The van der Waals surface area contributed by atoms with Gasteiger partial charge in [-0.2, -0.15) is 0 Å². The molecule has 3 fully saturated rings. The molecular formula is C19H24FN3O3. The largest absolute Gasteiger partial charge is 0.370 e. The summed E-state index contributed by atoms with van der Waals surface area (Å²) in [4.78, 5) is 26.5. The molecule has 2 aliphatic heterocycles. The molecule has 3 atom stereocenters. The summed E-state index contributed by atoms with van der Waals surface area (Å²) in [5, 5.41) is 5.84. The van der Waals surface area contributed by atoms with E-state index in [1.54, 1.807) is 17.0 Å². The molecule has 0 unspecified atom stereocenters. The molecule has 1 aliphatic carbocycles. The van der Waals surface area contributed by atoms with Gasteiger partial charge in [0, 0.05) is 26.2 Å². The van der Waals surface area contributed by atoms with Crippen LogP contribution in [0.1, 0.15) is 24.8 Å². The Morgan fingerprint density at radius 3 is 2.85 bits per heavy atom. The van der Waals surface area contributed by atoms with Crippen LogP contribution < -0.4 is 10.6 Å². The minimum atomic E-state index is -0.318. The molecule has 3 amide bonds. The van der Waals surface area contributed by atoms with Crippen molar-refractivity contribution in [3.05, 3.63) is 35.6 Å². The van der Waals surface area contributed by atoms with Crippen LogP contribution in [0.3, 0.4) is 0 Å². The maximum Gasteiger partial charge on any atom is 0.317 e. The molecule has 4 rings (SSSR count). The standard InChI is InChI=1S/C19H24FN3O3/c20-14-3-1-2-13(6-14)9-22-19(25)23-10-15-7-16(17(11-23)26-15)18(24)21-8-12-4-5-12/h1-3,6,12,15-17H,4-5,7-11H2,(H,21,24)(H,22,25)/t15-,16+,17-/m0/s1. The maximum atomic E-state index is 13.2. The second-order valence-corrected chi connectivity index (χ2v) is 7.52. The van der Waals surface area contributed by atoms with Gasteiger partial charge >= 0.3 is 6.03 Å². The maximum absolute atomic E-state index is 13.2. The fourth-order valence-electron chi connectivity index (χ4n) is 3.73. The first-order valence-corrected chi connectivity index (χ1v) is 9.29. The van der Waals surface area contributed by atoms with Crippen LogP contribution in [-0.2, 0) is 16.1 Å². The number of nitrogens with one attached hydrogen (secondary N) is 2. The zero-order valence-electron chi connectivity index (χ0n) is 14.6. The molecule has 2 bridgehead atoms. The summed E-state index contributed by atoms with van der Waals surface area (Å²) in [5.41, 5.74) is 0.715. The van der Waals surface area contributed by atoms with Crippen molar-refractivity contribution in [3.8, 4) is 0 Å². The number of rotatable bonds is 5. The highest BCUT2D eigenvalue weighted by molar-refractivity contribution is 5.80. The molecule has 140 valence electrons. The summed E-state index contributed by atoms with van der Waals surface area (Å²) in [6.45, 7) is 1.92. The number of fused-ring (bicyclic) bond motifs is 2. The lowest BCUT2D eigenvalue weighted by Gasteiger charge is -2.32. The van der Waals surface area contributed by atoms with Crippen molar-refractivity contribution in [1.29, 1.82) is 0 Å². The fraction of sp³-hybridized carbons (Fsp3) is 0.579. The van der Waals surface area contributed by atoms with Crippen LogP contribution in [0, 0.1) is 17.7 Å². The number of urea groups is 1. The van der Waals surface area contributed by atoms with Gasteiger partial charge in [-0.3, -0.25) is 4.79 Å². The van der Waals surface area contributed by atoms with Crippen LogP contribution in [0.2, 0.25) is 0 Å². The van der Waals surface area contributed by atoms with Crippen molar-refractivity contribution in [3.63, 3.8) is 0 Å². The summed E-state index contributed by atoms with van der Waals surface area (Å²) in [6, 6.07) is 5.97. The number of hydrogen-bond acceptors (Lipinski definition) is 3. The van der Waals surface area contributed by atoms with Crippen molar-refractivity contribution < 1.29 is 18.7 Å². The van der Waals surface area contributed by atoms with E-state index in [0.717, 1.165) is 6.54 Å². The number of hydrogen-bond donors (Lipinski definition) is 2. The third-order valence-corrected chi connectivity index (χ3v) is 5.38. The molecule has 0 spiro atoms. The van der Waals surface area contributed by atoms with Crippen molar-refractivity contribution in [2.75, 3.05) is 19.6 Å². The van der Waals surface area contributed by atoms with Gasteiger partial charge in [-0.25, -0.2) is 9.18 Å². The van der Waals surface area contributed by atoms with Gasteiger partial charge in [0.2, 0.25) is 5.91 Å². The number of ether oxygens (including phenoxy) is 1. The number of carbonyl (C=O) groups excluding carboxylic acids is 2. The van der Waals surface area contributed by atoms with Crippen LogP contribution in [0.15, 0.2) is 24.3 Å². The fourth-order valence-corrected chi connectivity index (χ4v) is 3.73. The highest BCUT2D eigenvalue weighted by Gasteiger charge is 2.45. The van der Waals surface area contributed by atoms with Crippen molar-refractivity contribution in [1.82, 2.24) is 15.5 Å². The monoisotopic (exact) mass is 361 g/mol. The Hall–Kier alpha value is -2.15. The predicted octanol–water partition coefficient (Wildman–Crippen LogP) is 1.65. The number of morpholine rings is 1. The smallest absolute Gasteiger partial charge is 0.317 e. The van der Waals surface area contributed by atoms with Crippen LogP contribution in [0.4, 0.5) is 9.18 Å². The normalized spacial score (nSPS) is 27.3. The first-order valence-electron chi connectivity index (χ1n) is 9.29. The Morgan fingerprint density at radius 1 is 1.23 bits per heavy atom. The zero-order chi connectivity index (χ0) is 18.1. The van der Waals surface area contributed by atoms with Gasteiger partial charge in [0.25, 0.3) is 0 Å². The summed E-state index contributed by atoms with van der Waals surface area (Å²) in [5.74, 6) is 0.193. The Morgan fingerprint density at radius 2 is 2.08 bits per heavy atom. The van der Waals surface area contributed by atoms with E-state index < -0.39 is 0 Å². The molecule has 1 aromatic rings. The Kier molecular flexibility index (Phi) is 4.80. The van der Waals surface area contributed by atoms with Crippen molar-refractivity contribution in [2.45, 2.75) is 38.0 Å². The van der Waals surface area contributed by atoms with Gasteiger partial charge in [-0.15, -0.1) is 0 Å². The molecule has 0 radical (unpaired) electrons. The first-order chi connectivity index (χ1) is 12.6. The predicted molar refractivity (Wildman–Crippen MR) is 92.7 cm³/mol. The molecular weight excluding hydrogens is 337 g/mol. The average molecular weight is 361 g/mol. The molecule has 2 heterocycles. The van der Waals surface area contributed by atoms with Gasteiger partial charge in [0.05, 0.1) is 18.1 Å². The van der Waals surface area contributed by atoms with Gasteiger partial charge in [0.15, 0.2) is 0 Å². The number of benzene rings is 1. The molecule has 2 saturated heterocycles. The number of halogens is 1. The van der Waals surface area contributed by atoms with Crippen LogP contribution in [0.25, 0.3) is 0 Å². The molecule has 7 heteroatoms. The highest BCUT2D eigenvalue weighted by atomic mass is 19.1. The quantitative estimate of drug-likeness (QED) is 0.838. The summed E-state index contributed by atoms with van der Waals surface area (Å²) in [6.07, 6.45) is 2.73. The van der Waals surface area contributed by atoms with Crippen molar-refractivity contribution >= 4 is 11.9 Å². The highest BCUT2D eigenvalue weighted by Crippen LogP contribution is 2.33. The molecule has 2 N–H and O–H groups in total. The minimum absolute atomic E-state index is 0.0476. The number of carbonyl (C=O) groups is 2. The Bertz CT molecular complexity index is 694. The zero-order valence-corrected chi connectivity index (χ0v) is 14.6. The minimum Gasteiger partial charge on any atom is -0.370 e. The van der Waals surface area contributed by atoms with Gasteiger partial charge < -0.3 is 20.3 Å². The van der Waals surface area contributed by atoms with E-state index in [-0.39, 0.29) is 42.4 Å². The van der Waals surface area contributed by atoms with E-state index in [2.05, 4.69) is 10.6 Å². The molecule has 26 heavy (non-hydrogen) atoms. The molecule has 3 aliphatic rings. The van der Waals surface area contributed by atoms with Gasteiger partial charge in [-0.1, -0.05) is 12.1 Å². The van der Waals surface area contributed by atoms with Gasteiger partial charge in [0.1, 0.15) is 5.82 Å². The Balaban J connectivity index is 1.29.